The Hall–Kier alpha value is -2.44. The van der Waals surface area contributed by atoms with Gasteiger partial charge in [0.05, 0.1) is 0 Å². The number of aryl methyl sites for hydroxylation is 1. The second kappa shape index (κ2) is 6.98. The summed E-state index contributed by atoms with van der Waals surface area (Å²) in [5.74, 6) is 1.38. The number of guanidine groups is 1. The molecule has 1 aliphatic rings. The molecule has 0 unspecified atom stereocenters. The van der Waals surface area contributed by atoms with Crippen molar-refractivity contribution in [2.24, 2.45) is 12.0 Å². The lowest BCUT2D eigenvalue weighted by atomic mass is 9.96. The summed E-state index contributed by atoms with van der Waals surface area (Å²) in [6.07, 6.45) is 3.74. The van der Waals surface area contributed by atoms with Crippen LogP contribution in [0.15, 0.2) is 35.6 Å². The minimum Gasteiger partial charge on any atom is -0.357 e. The Morgan fingerprint density at radius 2 is 2.04 bits per heavy atom. The van der Waals surface area contributed by atoms with E-state index < -0.39 is 0 Å². The van der Waals surface area contributed by atoms with Crippen LogP contribution in [0.1, 0.15) is 31.2 Å². The van der Waals surface area contributed by atoms with E-state index in [1.165, 1.54) is 24.0 Å². The van der Waals surface area contributed by atoms with Crippen molar-refractivity contribution >= 4 is 5.96 Å². The first kappa shape index (κ1) is 16.4. The van der Waals surface area contributed by atoms with E-state index in [0.29, 0.717) is 6.54 Å². The maximum atomic E-state index is 13.1. The van der Waals surface area contributed by atoms with Crippen molar-refractivity contribution < 1.29 is 4.39 Å². The van der Waals surface area contributed by atoms with E-state index in [1.807, 2.05) is 26.1 Å². The number of aliphatic imine (C=N–C) groups is 1. The molecule has 0 saturated heterocycles. The van der Waals surface area contributed by atoms with Gasteiger partial charge in [-0.15, -0.1) is 0 Å². The first-order chi connectivity index (χ1) is 11.6. The fourth-order valence-electron chi connectivity index (χ4n) is 2.73. The SMILES string of the molecule is CCNC(=NCc1ncnn1C)NCC1(c2ccc(F)cc2)CC1. The minimum atomic E-state index is -0.193. The summed E-state index contributed by atoms with van der Waals surface area (Å²) in [4.78, 5) is 8.75. The molecule has 2 N–H and O–H groups in total. The standard InChI is InChI=1S/C17H23FN6/c1-3-19-16(20-10-15-22-12-23-24(15)2)21-11-17(8-9-17)13-4-6-14(18)7-5-13/h4-7,12H,3,8-11H2,1-2H3,(H2,19,20,21). The van der Waals surface area contributed by atoms with Crippen molar-refractivity contribution in [2.75, 3.05) is 13.1 Å². The van der Waals surface area contributed by atoms with Gasteiger partial charge in [-0.2, -0.15) is 5.10 Å². The van der Waals surface area contributed by atoms with Gasteiger partial charge < -0.3 is 10.6 Å². The summed E-state index contributed by atoms with van der Waals surface area (Å²) >= 11 is 0. The van der Waals surface area contributed by atoms with Gasteiger partial charge >= 0.3 is 0 Å². The summed E-state index contributed by atoms with van der Waals surface area (Å²) < 4.78 is 14.8. The van der Waals surface area contributed by atoms with Crippen LogP contribution < -0.4 is 10.6 Å². The highest BCUT2D eigenvalue weighted by molar-refractivity contribution is 5.79. The number of hydrogen-bond acceptors (Lipinski definition) is 3. The van der Waals surface area contributed by atoms with Gasteiger partial charge in [0.15, 0.2) is 5.96 Å². The highest BCUT2D eigenvalue weighted by Crippen LogP contribution is 2.47. The summed E-state index contributed by atoms with van der Waals surface area (Å²) in [5, 5.41) is 10.7. The largest absolute Gasteiger partial charge is 0.357 e. The Morgan fingerprint density at radius 1 is 1.29 bits per heavy atom. The van der Waals surface area contributed by atoms with Crippen LogP contribution in [0.4, 0.5) is 4.39 Å². The summed E-state index contributed by atoms with van der Waals surface area (Å²) in [6, 6.07) is 6.83. The van der Waals surface area contributed by atoms with Gasteiger partial charge in [0, 0.05) is 25.6 Å². The van der Waals surface area contributed by atoms with Crippen LogP contribution >= 0.6 is 0 Å². The molecule has 1 aliphatic carbocycles. The van der Waals surface area contributed by atoms with Crippen molar-refractivity contribution in [3.63, 3.8) is 0 Å². The third-order valence-electron chi connectivity index (χ3n) is 4.43. The zero-order chi connectivity index (χ0) is 17.0. The van der Waals surface area contributed by atoms with Crippen molar-refractivity contribution in [3.8, 4) is 0 Å². The van der Waals surface area contributed by atoms with Crippen molar-refractivity contribution in [1.29, 1.82) is 0 Å². The number of benzene rings is 1. The van der Waals surface area contributed by atoms with Gasteiger partial charge in [0.2, 0.25) is 0 Å². The molecule has 0 radical (unpaired) electrons. The minimum absolute atomic E-state index is 0.0919. The molecule has 7 heteroatoms. The van der Waals surface area contributed by atoms with Crippen molar-refractivity contribution in [3.05, 3.63) is 47.8 Å². The third kappa shape index (κ3) is 3.72. The second-order valence-electron chi connectivity index (χ2n) is 6.14. The molecule has 0 amide bonds. The van der Waals surface area contributed by atoms with Gasteiger partial charge in [-0.05, 0) is 37.5 Å². The Morgan fingerprint density at radius 3 is 2.62 bits per heavy atom. The zero-order valence-electron chi connectivity index (χ0n) is 14.1. The number of halogens is 1. The Bertz CT molecular complexity index is 702. The molecule has 0 spiro atoms. The molecule has 24 heavy (non-hydrogen) atoms. The molecule has 1 heterocycles. The molecule has 3 rings (SSSR count). The molecule has 1 aromatic heterocycles. The van der Waals surface area contributed by atoms with E-state index in [1.54, 1.807) is 4.68 Å². The van der Waals surface area contributed by atoms with Crippen LogP contribution in [0.25, 0.3) is 0 Å². The van der Waals surface area contributed by atoms with Crippen LogP contribution in [0.3, 0.4) is 0 Å². The highest BCUT2D eigenvalue weighted by atomic mass is 19.1. The summed E-state index contributed by atoms with van der Waals surface area (Å²) in [6.45, 7) is 4.07. The van der Waals surface area contributed by atoms with E-state index >= 15 is 0 Å². The molecular formula is C17H23FN6. The average Bonchev–Trinajstić information content (AvgIpc) is 3.26. The lowest BCUT2D eigenvalue weighted by Gasteiger charge is -2.19. The maximum absolute atomic E-state index is 13.1. The zero-order valence-corrected chi connectivity index (χ0v) is 14.1. The van der Waals surface area contributed by atoms with Gasteiger partial charge in [0.25, 0.3) is 0 Å². The number of nitrogens with one attached hydrogen (secondary N) is 2. The molecule has 6 nitrogen and oxygen atoms in total. The first-order valence-corrected chi connectivity index (χ1v) is 8.24. The molecule has 0 aliphatic heterocycles. The molecule has 1 fully saturated rings. The predicted octanol–water partition coefficient (Wildman–Crippen LogP) is 1.74. The topological polar surface area (TPSA) is 67.1 Å². The van der Waals surface area contributed by atoms with E-state index in [-0.39, 0.29) is 11.2 Å². The van der Waals surface area contributed by atoms with E-state index in [4.69, 9.17) is 0 Å². The van der Waals surface area contributed by atoms with E-state index in [0.717, 1.165) is 37.7 Å². The fourth-order valence-corrected chi connectivity index (χ4v) is 2.73. The smallest absolute Gasteiger partial charge is 0.191 e. The molecular weight excluding hydrogens is 307 g/mol. The molecule has 0 bridgehead atoms. The van der Waals surface area contributed by atoms with Crippen molar-refractivity contribution in [2.45, 2.75) is 31.7 Å². The van der Waals surface area contributed by atoms with Crippen LogP contribution in [0, 0.1) is 5.82 Å². The molecule has 128 valence electrons. The van der Waals surface area contributed by atoms with Gasteiger partial charge in [-0.1, -0.05) is 12.1 Å². The Kier molecular flexibility index (Phi) is 4.78. The highest BCUT2D eigenvalue weighted by Gasteiger charge is 2.44. The van der Waals surface area contributed by atoms with Gasteiger partial charge in [-0.25, -0.2) is 14.4 Å². The lowest BCUT2D eigenvalue weighted by molar-refractivity contribution is 0.617. The van der Waals surface area contributed by atoms with Crippen LogP contribution in [0.5, 0.6) is 0 Å². The molecule has 1 saturated carbocycles. The Labute approximate surface area is 141 Å². The maximum Gasteiger partial charge on any atom is 0.191 e. The average molecular weight is 330 g/mol. The van der Waals surface area contributed by atoms with E-state index in [9.17, 15) is 4.39 Å². The number of aromatic nitrogens is 3. The van der Waals surface area contributed by atoms with Crippen LogP contribution in [-0.2, 0) is 19.0 Å². The molecule has 1 aromatic carbocycles. The second-order valence-corrected chi connectivity index (χ2v) is 6.14. The van der Waals surface area contributed by atoms with Gasteiger partial charge in [0.1, 0.15) is 24.5 Å². The lowest BCUT2D eigenvalue weighted by Crippen LogP contribution is -2.41. The quantitative estimate of drug-likeness (QED) is 0.625. The fraction of sp³-hybridized carbons (Fsp3) is 0.471. The molecule has 0 atom stereocenters. The first-order valence-electron chi connectivity index (χ1n) is 8.24. The summed E-state index contributed by atoms with van der Waals surface area (Å²) in [5.41, 5.74) is 1.27. The summed E-state index contributed by atoms with van der Waals surface area (Å²) in [7, 11) is 1.85. The van der Waals surface area contributed by atoms with Crippen LogP contribution in [-0.4, -0.2) is 33.8 Å². The number of rotatable bonds is 6. The number of nitrogens with zero attached hydrogens (tertiary/aromatic N) is 4. The Balaban J connectivity index is 1.63. The molecule has 2 aromatic rings. The monoisotopic (exact) mass is 330 g/mol. The normalized spacial score (nSPS) is 16.0. The number of hydrogen-bond donors (Lipinski definition) is 2. The third-order valence-corrected chi connectivity index (χ3v) is 4.43. The van der Waals surface area contributed by atoms with Crippen LogP contribution in [0.2, 0.25) is 0 Å². The van der Waals surface area contributed by atoms with E-state index in [2.05, 4.69) is 25.7 Å². The van der Waals surface area contributed by atoms with Gasteiger partial charge in [-0.3, -0.25) is 4.68 Å². The van der Waals surface area contributed by atoms with Crippen molar-refractivity contribution in [1.82, 2.24) is 25.4 Å². The predicted molar refractivity (Wildman–Crippen MR) is 91.1 cm³/mol.